The quantitative estimate of drug-likeness (QED) is 0.661. The molecule has 0 unspecified atom stereocenters. The molecule has 0 fully saturated rings. The Hall–Kier alpha value is -0.830. The zero-order valence-corrected chi connectivity index (χ0v) is 8.68. The number of hydrogen-bond acceptors (Lipinski definition) is 3. The second-order valence-corrected chi connectivity index (χ2v) is 4.73. The van der Waals surface area contributed by atoms with Crippen molar-refractivity contribution in [2.45, 2.75) is 45.2 Å². The fraction of sp³-hybridized carbons (Fsp3) is 0.700. The number of nitrogens with one attached hydrogen (secondary N) is 1. The Balaban J connectivity index is 2.85. The lowest BCUT2D eigenvalue weighted by Crippen LogP contribution is -2.54. The van der Waals surface area contributed by atoms with Crippen LogP contribution in [-0.2, 0) is 9.53 Å². The van der Waals surface area contributed by atoms with Gasteiger partial charge in [-0.3, -0.25) is 4.79 Å². The maximum absolute atomic E-state index is 10.2. The molecule has 1 rings (SSSR count). The smallest absolute Gasteiger partial charge is 0.298 e. The number of rotatable bonds is 2. The molecule has 1 N–H and O–H groups in total. The maximum Gasteiger partial charge on any atom is 0.298 e. The Bertz CT molecular complexity index is 241. The van der Waals surface area contributed by atoms with E-state index in [0.717, 1.165) is 12.2 Å². The predicted octanol–water partition coefficient (Wildman–Crippen LogP) is 1.59. The minimum absolute atomic E-state index is 0.0173. The molecule has 3 heteroatoms. The summed E-state index contributed by atoms with van der Waals surface area (Å²) in [6.45, 7) is 8.79. The Kier molecular flexibility index (Phi) is 2.48. The summed E-state index contributed by atoms with van der Waals surface area (Å²) in [5.74, 6) is 0.753. The van der Waals surface area contributed by atoms with Crippen LogP contribution in [0.2, 0.25) is 0 Å². The van der Waals surface area contributed by atoms with E-state index in [4.69, 9.17) is 4.74 Å². The van der Waals surface area contributed by atoms with E-state index >= 15 is 0 Å². The van der Waals surface area contributed by atoms with E-state index in [2.05, 4.69) is 33.0 Å². The first-order chi connectivity index (χ1) is 5.85. The molecule has 0 aromatic rings. The van der Waals surface area contributed by atoms with Gasteiger partial charge in [0, 0.05) is 17.5 Å². The van der Waals surface area contributed by atoms with E-state index in [0.29, 0.717) is 6.47 Å². The minimum Gasteiger partial charge on any atom is -0.433 e. The maximum atomic E-state index is 10.2. The molecular weight excluding hydrogens is 166 g/mol. The van der Waals surface area contributed by atoms with E-state index in [9.17, 15) is 4.79 Å². The van der Waals surface area contributed by atoms with E-state index in [1.54, 1.807) is 0 Å². The van der Waals surface area contributed by atoms with Gasteiger partial charge >= 0.3 is 0 Å². The van der Waals surface area contributed by atoms with Crippen molar-refractivity contribution in [2.24, 2.45) is 0 Å². The predicted molar refractivity (Wildman–Crippen MR) is 51.1 cm³/mol. The van der Waals surface area contributed by atoms with Crippen molar-refractivity contribution in [2.75, 3.05) is 0 Å². The van der Waals surface area contributed by atoms with E-state index in [1.165, 1.54) is 0 Å². The second kappa shape index (κ2) is 3.14. The summed E-state index contributed by atoms with van der Waals surface area (Å²) < 4.78 is 4.89. The highest BCUT2D eigenvalue weighted by Crippen LogP contribution is 2.27. The molecule has 0 bridgehead atoms. The Morgan fingerprint density at radius 1 is 1.46 bits per heavy atom. The normalized spacial score (nSPS) is 24.8. The first-order valence-corrected chi connectivity index (χ1v) is 4.46. The zero-order valence-electron chi connectivity index (χ0n) is 8.68. The summed E-state index contributed by atoms with van der Waals surface area (Å²) in [5.41, 5.74) is -0.128. The van der Waals surface area contributed by atoms with Gasteiger partial charge in [0.1, 0.15) is 5.76 Å². The molecule has 0 aliphatic carbocycles. The van der Waals surface area contributed by atoms with Crippen LogP contribution < -0.4 is 5.32 Å². The van der Waals surface area contributed by atoms with Gasteiger partial charge in [-0.25, -0.2) is 0 Å². The van der Waals surface area contributed by atoms with Crippen LogP contribution in [0.3, 0.4) is 0 Å². The molecule has 0 spiro atoms. The van der Waals surface area contributed by atoms with Crippen molar-refractivity contribution in [3.8, 4) is 0 Å². The first kappa shape index (κ1) is 10.3. The second-order valence-electron chi connectivity index (χ2n) is 4.73. The average Bonchev–Trinajstić information content (AvgIpc) is 1.78. The molecule has 74 valence electrons. The van der Waals surface area contributed by atoms with Gasteiger partial charge < -0.3 is 10.1 Å². The number of hydrogen-bond donors (Lipinski definition) is 1. The monoisotopic (exact) mass is 183 g/mol. The summed E-state index contributed by atoms with van der Waals surface area (Å²) in [4.78, 5) is 10.2. The van der Waals surface area contributed by atoms with Crippen LogP contribution in [0.25, 0.3) is 0 Å². The van der Waals surface area contributed by atoms with E-state index < -0.39 is 0 Å². The molecular formula is C10H17NO2. The molecule has 0 radical (unpaired) electrons. The van der Waals surface area contributed by atoms with Crippen LogP contribution in [-0.4, -0.2) is 17.6 Å². The number of carbonyl (C=O) groups excluding carboxylic acids is 1. The summed E-state index contributed by atoms with van der Waals surface area (Å²) in [6.07, 6.45) is 2.70. The van der Waals surface area contributed by atoms with E-state index in [-0.39, 0.29) is 11.1 Å². The lowest BCUT2D eigenvalue weighted by atomic mass is 9.87. The first-order valence-electron chi connectivity index (χ1n) is 4.46. The van der Waals surface area contributed by atoms with Crippen LogP contribution in [0, 0.1) is 0 Å². The highest BCUT2D eigenvalue weighted by molar-refractivity contribution is 5.40. The van der Waals surface area contributed by atoms with Gasteiger partial charge in [-0.2, -0.15) is 0 Å². The summed E-state index contributed by atoms with van der Waals surface area (Å²) in [6, 6.07) is 0. The zero-order chi connectivity index (χ0) is 10.1. The summed E-state index contributed by atoms with van der Waals surface area (Å²) in [5, 5.41) is 3.45. The third kappa shape index (κ3) is 2.84. The lowest BCUT2D eigenvalue weighted by molar-refractivity contribution is -0.125. The fourth-order valence-corrected chi connectivity index (χ4v) is 1.98. The average molecular weight is 183 g/mol. The molecule has 0 amide bonds. The molecule has 13 heavy (non-hydrogen) atoms. The molecule has 1 aliphatic heterocycles. The van der Waals surface area contributed by atoms with Gasteiger partial charge in [0.25, 0.3) is 6.47 Å². The standard InChI is InChI=1S/C10H17NO2/c1-9(2)5-8(13-7-12)6-10(3,4)11-9/h5,7,11H,6H2,1-4H3. The Labute approximate surface area is 79.2 Å². The highest BCUT2D eigenvalue weighted by atomic mass is 16.5. The fourth-order valence-electron chi connectivity index (χ4n) is 1.98. The van der Waals surface area contributed by atoms with Crippen LogP contribution in [0.1, 0.15) is 34.1 Å². The minimum atomic E-state index is -0.111. The third-order valence-electron chi connectivity index (χ3n) is 2.00. The summed E-state index contributed by atoms with van der Waals surface area (Å²) in [7, 11) is 0. The van der Waals surface area contributed by atoms with Gasteiger partial charge in [0.15, 0.2) is 0 Å². The molecule has 3 nitrogen and oxygen atoms in total. The van der Waals surface area contributed by atoms with Crippen molar-refractivity contribution in [1.82, 2.24) is 5.32 Å². The van der Waals surface area contributed by atoms with Gasteiger partial charge in [-0.1, -0.05) is 0 Å². The van der Waals surface area contributed by atoms with Crippen molar-refractivity contribution in [3.05, 3.63) is 11.8 Å². The topological polar surface area (TPSA) is 38.3 Å². The number of carbonyl (C=O) groups is 1. The highest BCUT2D eigenvalue weighted by Gasteiger charge is 2.32. The van der Waals surface area contributed by atoms with Crippen molar-refractivity contribution in [1.29, 1.82) is 0 Å². The van der Waals surface area contributed by atoms with Gasteiger partial charge in [0.05, 0.1) is 0 Å². The van der Waals surface area contributed by atoms with Crippen molar-refractivity contribution in [3.63, 3.8) is 0 Å². The van der Waals surface area contributed by atoms with Crippen LogP contribution in [0.4, 0.5) is 0 Å². The molecule has 0 saturated heterocycles. The van der Waals surface area contributed by atoms with Crippen LogP contribution in [0.15, 0.2) is 11.8 Å². The number of ether oxygens (including phenoxy) is 1. The molecule has 1 aliphatic rings. The van der Waals surface area contributed by atoms with Gasteiger partial charge in [-0.15, -0.1) is 0 Å². The van der Waals surface area contributed by atoms with Gasteiger partial charge in [0.2, 0.25) is 0 Å². The summed E-state index contributed by atoms with van der Waals surface area (Å²) >= 11 is 0. The van der Waals surface area contributed by atoms with Crippen molar-refractivity contribution >= 4 is 6.47 Å². The largest absolute Gasteiger partial charge is 0.433 e. The molecule has 0 aromatic carbocycles. The molecule has 0 saturated carbocycles. The molecule has 1 heterocycles. The van der Waals surface area contributed by atoms with Crippen molar-refractivity contribution < 1.29 is 9.53 Å². The van der Waals surface area contributed by atoms with Crippen LogP contribution >= 0.6 is 0 Å². The van der Waals surface area contributed by atoms with Gasteiger partial charge in [-0.05, 0) is 33.8 Å². The van der Waals surface area contributed by atoms with Crippen LogP contribution in [0.5, 0.6) is 0 Å². The Morgan fingerprint density at radius 3 is 2.54 bits per heavy atom. The SMILES string of the molecule is CC1(C)C=C(OC=O)CC(C)(C)N1. The molecule has 0 atom stereocenters. The third-order valence-corrected chi connectivity index (χ3v) is 2.00. The Morgan fingerprint density at radius 2 is 2.08 bits per heavy atom. The lowest BCUT2D eigenvalue weighted by Gasteiger charge is -2.40. The van der Waals surface area contributed by atoms with E-state index in [1.807, 2.05) is 6.08 Å². The molecule has 0 aromatic heterocycles.